The minimum atomic E-state index is 0.997. The first-order valence-corrected chi connectivity index (χ1v) is 6.63. The number of hydrogen-bond acceptors (Lipinski definition) is 4. The highest BCUT2D eigenvalue weighted by Gasteiger charge is 2.08. The Morgan fingerprint density at radius 2 is 2.31 bits per heavy atom. The Morgan fingerprint density at radius 1 is 1.50 bits per heavy atom. The Morgan fingerprint density at radius 3 is 3.06 bits per heavy atom. The van der Waals surface area contributed by atoms with Gasteiger partial charge in [0, 0.05) is 31.7 Å². The van der Waals surface area contributed by atoms with E-state index in [1.54, 1.807) is 6.20 Å². The van der Waals surface area contributed by atoms with E-state index in [-0.39, 0.29) is 0 Å². The van der Waals surface area contributed by atoms with Crippen molar-refractivity contribution < 1.29 is 0 Å². The summed E-state index contributed by atoms with van der Waals surface area (Å²) in [6, 6.07) is 2.07. The van der Waals surface area contributed by atoms with Gasteiger partial charge in [-0.2, -0.15) is 16.9 Å². The largest absolute Gasteiger partial charge is 0.357 e. The summed E-state index contributed by atoms with van der Waals surface area (Å²) in [5.41, 5.74) is 2.09. The normalized spacial score (nSPS) is 10.9. The maximum atomic E-state index is 4.43. The SMILES string of the molecule is CSCCN(C)c1nccn2nc(C)cc12. The number of aryl methyl sites for hydroxylation is 1. The molecular weight excluding hydrogens is 220 g/mol. The van der Waals surface area contributed by atoms with Crippen molar-refractivity contribution in [3.8, 4) is 0 Å². The summed E-state index contributed by atoms with van der Waals surface area (Å²) in [7, 11) is 2.07. The molecule has 0 spiro atoms. The van der Waals surface area contributed by atoms with Gasteiger partial charge in [0.2, 0.25) is 0 Å². The number of rotatable bonds is 4. The highest BCUT2D eigenvalue weighted by molar-refractivity contribution is 7.98. The van der Waals surface area contributed by atoms with Crippen molar-refractivity contribution in [2.45, 2.75) is 6.92 Å². The lowest BCUT2D eigenvalue weighted by atomic mass is 10.4. The topological polar surface area (TPSA) is 33.4 Å². The monoisotopic (exact) mass is 236 g/mol. The quantitative estimate of drug-likeness (QED) is 0.811. The van der Waals surface area contributed by atoms with Gasteiger partial charge >= 0.3 is 0 Å². The summed E-state index contributed by atoms with van der Waals surface area (Å²) in [4.78, 5) is 6.60. The van der Waals surface area contributed by atoms with Crippen molar-refractivity contribution >= 4 is 23.1 Å². The summed E-state index contributed by atoms with van der Waals surface area (Å²) in [6.07, 6.45) is 5.80. The summed E-state index contributed by atoms with van der Waals surface area (Å²) < 4.78 is 1.88. The lowest BCUT2D eigenvalue weighted by Gasteiger charge is -2.17. The number of thioether (sulfide) groups is 1. The van der Waals surface area contributed by atoms with Crippen LogP contribution in [0.5, 0.6) is 0 Å². The van der Waals surface area contributed by atoms with Crippen LogP contribution in [-0.2, 0) is 0 Å². The molecule has 0 aliphatic rings. The van der Waals surface area contributed by atoms with E-state index >= 15 is 0 Å². The van der Waals surface area contributed by atoms with Gasteiger partial charge in [0.25, 0.3) is 0 Å². The molecule has 2 aromatic heterocycles. The minimum Gasteiger partial charge on any atom is -0.357 e. The number of fused-ring (bicyclic) bond motifs is 1. The fourth-order valence-corrected chi connectivity index (χ4v) is 2.12. The Balaban J connectivity index is 2.35. The van der Waals surface area contributed by atoms with Crippen LogP contribution in [0.25, 0.3) is 5.52 Å². The molecule has 0 fully saturated rings. The van der Waals surface area contributed by atoms with Crippen molar-refractivity contribution in [2.24, 2.45) is 0 Å². The third-order valence-electron chi connectivity index (χ3n) is 2.48. The average molecular weight is 236 g/mol. The fourth-order valence-electron chi connectivity index (χ4n) is 1.66. The highest BCUT2D eigenvalue weighted by atomic mass is 32.2. The Labute approximate surface area is 99.7 Å². The molecule has 86 valence electrons. The average Bonchev–Trinajstić information content (AvgIpc) is 2.65. The van der Waals surface area contributed by atoms with E-state index in [1.165, 1.54) is 0 Å². The smallest absolute Gasteiger partial charge is 0.154 e. The molecule has 0 aliphatic carbocycles. The molecule has 0 bridgehead atoms. The zero-order valence-electron chi connectivity index (χ0n) is 9.84. The van der Waals surface area contributed by atoms with Gasteiger partial charge < -0.3 is 4.90 Å². The van der Waals surface area contributed by atoms with E-state index in [0.717, 1.165) is 29.3 Å². The van der Waals surface area contributed by atoms with E-state index in [9.17, 15) is 0 Å². The third-order valence-corrected chi connectivity index (χ3v) is 3.07. The van der Waals surface area contributed by atoms with Gasteiger partial charge in [0.1, 0.15) is 5.52 Å². The minimum absolute atomic E-state index is 0.997. The summed E-state index contributed by atoms with van der Waals surface area (Å²) >= 11 is 1.84. The zero-order valence-corrected chi connectivity index (χ0v) is 10.7. The van der Waals surface area contributed by atoms with Crippen molar-refractivity contribution in [1.82, 2.24) is 14.6 Å². The van der Waals surface area contributed by atoms with Gasteiger partial charge in [0.15, 0.2) is 5.82 Å². The van der Waals surface area contributed by atoms with E-state index in [0.29, 0.717) is 0 Å². The molecule has 0 saturated heterocycles. The first kappa shape index (κ1) is 11.3. The van der Waals surface area contributed by atoms with Gasteiger partial charge in [-0.1, -0.05) is 0 Å². The van der Waals surface area contributed by atoms with Gasteiger partial charge in [-0.15, -0.1) is 0 Å². The number of nitrogens with zero attached hydrogens (tertiary/aromatic N) is 4. The lowest BCUT2D eigenvalue weighted by Crippen LogP contribution is -2.21. The van der Waals surface area contributed by atoms with Crippen LogP contribution in [0.4, 0.5) is 5.82 Å². The number of hydrogen-bond donors (Lipinski definition) is 0. The van der Waals surface area contributed by atoms with Crippen LogP contribution in [0.15, 0.2) is 18.5 Å². The van der Waals surface area contributed by atoms with Crippen LogP contribution >= 0.6 is 11.8 Å². The van der Waals surface area contributed by atoms with Crippen LogP contribution in [0, 0.1) is 6.92 Å². The zero-order chi connectivity index (χ0) is 11.5. The lowest BCUT2D eigenvalue weighted by molar-refractivity contribution is 0.894. The second-order valence-electron chi connectivity index (χ2n) is 3.78. The van der Waals surface area contributed by atoms with Crippen LogP contribution in [0.2, 0.25) is 0 Å². The summed E-state index contributed by atoms with van der Waals surface area (Å²) in [6.45, 7) is 3.00. The molecule has 0 atom stereocenters. The van der Waals surface area contributed by atoms with Crippen molar-refractivity contribution in [3.63, 3.8) is 0 Å². The maximum absolute atomic E-state index is 4.43. The first-order valence-electron chi connectivity index (χ1n) is 5.23. The molecular formula is C11H16N4S. The van der Waals surface area contributed by atoms with Gasteiger partial charge in [-0.05, 0) is 19.2 Å². The van der Waals surface area contributed by atoms with Crippen molar-refractivity contribution in [3.05, 3.63) is 24.2 Å². The molecule has 0 N–H and O–H groups in total. The van der Waals surface area contributed by atoms with E-state index < -0.39 is 0 Å². The van der Waals surface area contributed by atoms with Crippen LogP contribution in [0.3, 0.4) is 0 Å². The molecule has 0 aromatic carbocycles. The second kappa shape index (κ2) is 4.74. The molecule has 0 radical (unpaired) electrons. The molecule has 2 rings (SSSR count). The molecule has 16 heavy (non-hydrogen) atoms. The predicted molar refractivity (Wildman–Crippen MR) is 69.4 cm³/mol. The molecule has 4 nitrogen and oxygen atoms in total. The molecule has 2 aromatic rings. The molecule has 5 heteroatoms. The molecule has 2 heterocycles. The van der Waals surface area contributed by atoms with Gasteiger partial charge in [-0.25, -0.2) is 9.50 Å². The second-order valence-corrected chi connectivity index (χ2v) is 4.77. The Kier molecular flexibility index (Phi) is 3.33. The molecule has 0 amide bonds. The Hall–Kier alpha value is -1.23. The molecule has 0 aliphatic heterocycles. The maximum Gasteiger partial charge on any atom is 0.154 e. The van der Waals surface area contributed by atoms with Gasteiger partial charge in [0.05, 0.1) is 5.69 Å². The van der Waals surface area contributed by atoms with Crippen LogP contribution < -0.4 is 4.90 Å². The van der Waals surface area contributed by atoms with Crippen molar-refractivity contribution in [1.29, 1.82) is 0 Å². The first-order chi connectivity index (χ1) is 7.72. The van der Waals surface area contributed by atoms with E-state index in [1.807, 2.05) is 29.4 Å². The van der Waals surface area contributed by atoms with Gasteiger partial charge in [-0.3, -0.25) is 0 Å². The van der Waals surface area contributed by atoms with Crippen LogP contribution in [-0.4, -0.2) is 40.2 Å². The van der Waals surface area contributed by atoms with E-state index in [4.69, 9.17) is 0 Å². The molecule has 0 unspecified atom stereocenters. The Bertz CT molecular complexity index is 480. The third kappa shape index (κ3) is 2.14. The standard InChI is InChI=1S/C11H16N4S/c1-9-8-10-11(14(2)6-7-16-3)12-4-5-15(10)13-9/h4-5,8H,6-7H2,1-3H3. The fraction of sp³-hybridized carbons (Fsp3) is 0.455. The summed E-state index contributed by atoms with van der Waals surface area (Å²) in [5.74, 6) is 2.10. The van der Waals surface area contributed by atoms with Crippen LogP contribution in [0.1, 0.15) is 5.69 Å². The van der Waals surface area contributed by atoms with Crippen molar-refractivity contribution in [2.75, 3.05) is 30.5 Å². The van der Waals surface area contributed by atoms with E-state index in [2.05, 4.69) is 34.4 Å². The number of aromatic nitrogens is 3. The highest BCUT2D eigenvalue weighted by Crippen LogP contribution is 2.18. The number of anilines is 1. The summed E-state index contributed by atoms with van der Waals surface area (Å²) in [5, 5.41) is 4.38. The molecule has 0 saturated carbocycles. The predicted octanol–water partition coefficient (Wildman–Crippen LogP) is 1.84.